The Balaban J connectivity index is 1.84. The molecular formula is C15H22O7. The highest BCUT2D eigenvalue weighted by Crippen LogP contribution is 2.22. The van der Waals surface area contributed by atoms with E-state index in [0.717, 1.165) is 11.3 Å². The number of methoxy groups -OCH3 is 1. The summed E-state index contributed by atoms with van der Waals surface area (Å²) in [4.78, 5) is 0. The fourth-order valence-electron chi connectivity index (χ4n) is 2.29. The highest BCUT2D eigenvalue weighted by molar-refractivity contribution is 5.27. The average Bonchev–Trinajstić information content (AvgIpc) is 2.55. The maximum atomic E-state index is 9.83. The van der Waals surface area contributed by atoms with Crippen molar-refractivity contribution in [2.45, 2.75) is 37.1 Å². The number of ether oxygens (including phenoxy) is 3. The largest absolute Gasteiger partial charge is 0.497 e. The fourth-order valence-corrected chi connectivity index (χ4v) is 2.29. The summed E-state index contributed by atoms with van der Waals surface area (Å²) in [5.74, 6) is 0.763. The van der Waals surface area contributed by atoms with Gasteiger partial charge in [-0.2, -0.15) is 0 Å². The highest BCUT2D eigenvalue weighted by Gasteiger charge is 2.43. The van der Waals surface area contributed by atoms with Crippen LogP contribution in [0.15, 0.2) is 24.3 Å². The molecule has 124 valence electrons. The van der Waals surface area contributed by atoms with Gasteiger partial charge in [-0.25, -0.2) is 0 Å². The average molecular weight is 314 g/mol. The Hall–Kier alpha value is -1.22. The second-order valence-corrected chi connectivity index (χ2v) is 5.17. The molecule has 7 nitrogen and oxygen atoms in total. The summed E-state index contributed by atoms with van der Waals surface area (Å²) in [6, 6.07) is 7.47. The molecule has 0 bridgehead atoms. The van der Waals surface area contributed by atoms with E-state index in [1.807, 2.05) is 24.3 Å². The number of hydrogen-bond acceptors (Lipinski definition) is 7. The molecule has 4 N–H and O–H groups in total. The summed E-state index contributed by atoms with van der Waals surface area (Å²) < 4.78 is 15.7. The van der Waals surface area contributed by atoms with Crippen molar-refractivity contribution in [2.24, 2.45) is 0 Å². The summed E-state index contributed by atoms with van der Waals surface area (Å²) in [7, 11) is 1.59. The minimum atomic E-state index is -1.42. The lowest BCUT2D eigenvalue weighted by Crippen LogP contribution is -2.59. The van der Waals surface area contributed by atoms with Gasteiger partial charge >= 0.3 is 0 Å². The third-order valence-electron chi connectivity index (χ3n) is 3.68. The van der Waals surface area contributed by atoms with Gasteiger partial charge in [-0.1, -0.05) is 12.1 Å². The molecule has 0 spiro atoms. The smallest absolute Gasteiger partial charge is 0.186 e. The van der Waals surface area contributed by atoms with Gasteiger partial charge in [-0.05, 0) is 24.1 Å². The van der Waals surface area contributed by atoms with Crippen molar-refractivity contribution >= 4 is 0 Å². The molecule has 1 aliphatic rings. The van der Waals surface area contributed by atoms with E-state index in [1.54, 1.807) is 7.11 Å². The Kier molecular flexibility index (Phi) is 6.13. The van der Waals surface area contributed by atoms with Crippen molar-refractivity contribution < 1.29 is 34.6 Å². The van der Waals surface area contributed by atoms with Crippen LogP contribution in [0, 0.1) is 0 Å². The van der Waals surface area contributed by atoms with E-state index in [4.69, 9.17) is 19.3 Å². The summed E-state index contributed by atoms with van der Waals surface area (Å²) in [6.45, 7) is -0.210. The van der Waals surface area contributed by atoms with E-state index in [0.29, 0.717) is 6.42 Å². The van der Waals surface area contributed by atoms with Crippen molar-refractivity contribution in [3.63, 3.8) is 0 Å². The van der Waals surface area contributed by atoms with Gasteiger partial charge in [0.2, 0.25) is 0 Å². The molecule has 1 aromatic rings. The quantitative estimate of drug-likeness (QED) is 0.536. The van der Waals surface area contributed by atoms with E-state index in [2.05, 4.69) is 0 Å². The van der Waals surface area contributed by atoms with Gasteiger partial charge < -0.3 is 34.6 Å². The molecular weight excluding hydrogens is 292 g/mol. The van der Waals surface area contributed by atoms with Crippen LogP contribution in [0.5, 0.6) is 5.75 Å². The lowest BCUT2D eigenvalue weighted by atomic mass is 9.99. The van der Waals surface area contributed by atoms with E-state index in [-0.39, 0.29) is 6.61 Å². The van der Waals surface area contributed by atoms with Crippen LogP contribution in [-0.2, 0) is 15.9 Å². The first kappa shape index (κ1) is 17.1. The normalized spacial score (nSPS) is 32.0. The predicted molar refractivity (Wildman–Crippen MR) is 76.4 cm³/mol. The van der Waals surface area contributed by atoms with Crippen molar-refractivity contribution in [1.29, 1.82) is 0 Å². The molecule has 0 amide bonds. The first-order chi connectivity index (χ1) is 10.6. The maximum absolute atomic E-state index is 9.83. The number of rotatable bonds is 6. The molecule has 22 heavy (non-hydrogen) atoms. The number of benzene rings is 1. The van der Waals surface area contributed by atoms with Gasteiger partial charge in [0.1, 0.15) is 30.2 Å². The zero-order valence-corrected chi connectivity index (χ0v) is 12.3. The second-order valence-electron chi connectivity index (χ2n) is 5.17. The van der Waals surface area contributed by atoms with Crippen molar-refractivity contribution in [1.82, 2.24) is 0 Å². The fraction of sp³-hybridized carbons (Fsp3) is 0.600. The van der Waals surface area contributed by atoms with E-state index < -0.39 is 37.3 Å². The molecule has 0 aliphatic carbocycles. The zero-order valence-electron chi connectivity index (χ0n) is 12.3. The van der Waals surface area contributed by atoms with Gasteiger partial charge in [-0.3, -0.25) is 0 Å². The molecule has 0 saturated carbocycles. The SMILES string of the molecule is COc1ccc(CCOC2OC(CO)C(O)C(O)C2O)cc1. The van der Waals surface area contributed by atoms with Crippen LogP contribution in [0.3, 0.4) is 0 Å². The van der Waals surface area contributed by atoms with E-state index >= 15 is 0 Å². The molecule has 0 radical (unpaired) electrons. The van der Waals surface area contributed by atoms with Crippen LogP contribution in [0.25, 0.3) is 0 Å². The first-order valence-electron chi connectivity index (χ1n) is 7.12. The molecule has 0 aromatic heterocycles. The van der Waals surface area contributed by atoms with Crippen molar-refractivity contribution in [2.75, 3.05) is 20.3 Å². The summed E-state index contributed by atoms with van der Waals surface area (Å²) >= 11 is 0. The van der Waals surface area contributed by atoms with Gasteiger partial charge in [0, 0.05) is 0 Å². The molecule has 5 unspecified atom stereocenters. The summed E-state index contributed by atoms with van der Waals surface area (Å²) in [5.41, 5.74) is 1.02. The van der Waals surface area contributed by atoms with Crippen LogP contribution >= 0.6 is 0 Å². The number of aliphatic hydroxyl groups is 4. The second kappa shape index (κ2) is 7.87. The molecule has 1 fully saturated rings. The third kappa shape index (κ3) is 3.95. The molecule has 2 rings (SSSR count). The Morgan fingerprint density at radius 1 is 1.05 bits per heavy atom. The predicted octanol–water partition coefficient (Wildman–Crippen LogP) is -0.946. The highest BCUT2D eigenvalue weighted by atomic mass is 16.7. The van der Waals surface area contributed by atoms with E-state index in [1.165, 1.54) is 0 Å². The van der Waals surface area contributed by atoms with Crippen LogP contribution in [0.2, 0.25) is 0 Å². The van der Waals surface area contributed by atoms with Gasteiger partial charge in [0.25, 0.3) is 0 Å². The van der Waals surface area contributed by atoms with Gasteiger partial charge in [-0.15, -0.1) is 0 Å². The van der Waals surface area contributed by atoms with Crippen molar-refractivity contribution in [3.05, 3.63) is 29.8 Å². The minimum absolute atomic E-state index is 0.259. The molecule has 1 aliphatic heterocycles. The molecule has 5 atom stereocenters. The number of hydrogen-bond donors (Lipinski definition) is 4. The van der Waals surface area contributed by atoms with Crippen molar-refractivity contribution in [3.8, 4) is 5.75 Å². The van der Waals surface area contributed by atoms with Gasteiger partial charge in [0.15, 0.2) is 6.29 Å². The Bertz CT molecular complexity index is 448. The Labute approximate surface area is 128 Å². The molecule has 1 heterocycles. The molecule has 7 heteroatoms. The summed E-state index contributed by atoms with van der Waals surface area (Å²) in [5, 5.41) is 38.2. The lowest BCUT2D eigenvalue weighted by molar-refractivity contribution is -0.300. The molecule has 1 aromatic carbocycles. The third-order valence-corrected chi connectivity index (χ3v) is 3.68. The lowest BCUT2D eigenvalue weighted by Gasteiger charge is -2.39. The van der Waals surface area contributed by atoms with Crippen LogP contribution in [0.4, 0.5) is 0 Å². The first-order valence-corrected chi connectivity index (χ1v) is 7.12. The Morgan fingerprint density at radius 3 is 2.32 bits per heavy atom. The van der Waals surface area contributed by atoms with Crippen LogP contribution in [-0.4, -0.2) is 71.5 Å². The summed E-state index contributed by atoms with van der Waals surface area (Å²) in [6.07, 6.45) is -5.62. The Morgan fingerprint density at radius 2 is 1.73 bits per heavy atom. The van der Waals surface area contributed by atoms with Crippen LogP contribution in [0.1, 0.15) is 5.56 Å². The van der Waals surface area contributed by atoms with Crippen LogP contribution < -0.4 is 4.74 Å². The zero-order chi connectivity index (χ0) is 16.1. The topological polar surface area (TPSA) is 109 Å². The molecule has 1 saturated heterocycles. The number of aliphatic hydroxyl groups excluding tert-OH is 4. The minimum Gasteiger partial charge on any atom is -0.497 e. The van der Waals surface area contributed by atoms with E-state index in [9.17, 15) is 15.3 Å². The standard InChI is InChI=1S/C15H22O7/c1-20-10-4-2-9(3-5-10)6-7-21-15-14(19)13(18)12(17)11(8-16)22-15/h2-5,11-19H,6-8H2,1H3. The van der Waals surface area contributed by atoms with Gasteiger partial charge in [0.05, 0.1) is 20.3 Å². The monoisotopic (exact) mass is 314 g/mol. The maximum Gasteiger partial charge on any atom is 0.186 e.